The Hall–Kier alpha value is -1.41. The Morgan fingerprint density at radius 1 is 1.48 bits per heavy atom. The van der Waals surface area contributed by atoms with E-state index in [1.807, 2.05) is 12.1 Å². The van der Waals surface area contributed by atoms with E-state index < -0.39 is 12.0 Å². The molecule has 114 valence electrons. The third kappa shape index (κ3) is 4.28. The minimum atomic E-state index is -1.09. The number of piperazine rings is 1. The van der Waals surface area contributed by atoms with Crippen molar-refractivity contribution in [2.24, 2.45) is 0 Å². The molecule has 1 aromatic rings. The molecule has 2 N–H and O–H groups in total. The van der Waals surface area contributed by atoms with E-state index in [0.29, 0.717) is 6.42 Å². The number of carboxylic acid groups (broad SMARTS) is 1. The highest BCUT2D eigenvalue weighted by molar-refractivity contribution is 9.11. The molecule has 1 saturated heterocycles. The Kier molecular flexibility index (Phi) is 5.35. The SMILES string of the molecule is O=C1CN(C(=O)CCCc2ccc(Br)s2)C(C(=O)O)CN1. The number of carbonyl (C=O) groups excluding carboxylic acids is 2. The molecule has 6 nitrogen and oxygen atoms in total. The molecule has 1 aliphatic heterocycles. The topological polar surface area (TPSA) is 86.7 Å². The molecule has 2 amide bonds. The lowest BCUT2D eigenvalue weighted by molar-refractivity contribution is -0.154. The van der Waals surface area contributed by atoms with Crippen molar-refractivity contribution in [2.75, 3.05) is 13.1 Å². The number of aryl methyl sites for hydroxylation is 1. The second-order valence-electron chi connectivity index (χ2n) is 4.74. The van der Waals surface area contributed by atoms with Gasteiger partial charge in [0.25, 0.3) is 0 Å². The number of carbonyl (C=O) groups is 3. The van der Waals surface area contributed by atoms with Gasteiger partial charge in [0.05, 0.1) is 3.79 Å². The summed E-state index contributed by atoms with van der Waals surface area (Å²) < 4.78 is 1.04. The smallest absolute Gasteiger partial charge is 0.328 e. The van der Waals surface area contributed by atoms with Gasteiger partial charge in [-0.15, -0.1) is 11.3 Å². The van der Waals surface area contributed by atoms with Gasteiger partial charge in [-0.3, -0.25) is 9.59 Å². The van der Waals surface area contributed by atoms with Crippen LogP contribution in [-0.2, 0) is 20.8 Å². The molecular weight excluding hydrogens is 360 g/mol. The Morgan fingerprint density at radius 3 is 2.86 bits per heavy atom. The Balaban J connectivity index is 1.88. The zero-order valence-electron chi connectivity index (χ0n) is 11.2. The molecule has 8 heteroatoms. The van der Waals surface area contributed by atoms with Gasteiger partial charge in [0.1, 0.15) is 12.6 Å². The van der Waals surface area contributed by atoms with Crippen LogP contribution in [0.25, 0.3) is 0 Å². The molecule has 1 aliphatic rings. The standard InChI is InChI=1S/C13H15BrN2O4S/c14-10-5-4-8(21-10)2-1-3-12(18)16-7-11(17)15-6-9(16)13(19)20/h4-5,9H,1-3,6-7H2,(H,15,17)(H,19,20). The van der Waals surface area contributed by atoms with Crippen molar-refractivity contribution in [1.82, 2.24) is 10.2 Å². The zero-order valence-corrected chi connectivity index (χ0v) is 13.6. The largest absolute Gasteiger partial charge is 0.480 e. The van der Waals surface area contributed by atoms with Crippen molar-refractivity contribution in [3.8, 4) is 0 Å². The minimum absolute atomic E-state index is 0.0300. The predicted octanol–water partition coefficient (Wildman–Crippen LogP) is 1.24. The number of nitrogens with one attached hydrogen (secondary N) is 1. The first-order valence-corrected chi connectivity index (χ1v) is 8.11. The molecule has 0 saturated carbocycles. The number of carboxylic acids is 1. The molecule has 1 aromatic heterocycles. The van der Waals surface area contributed by atoms with E-state index in [2.05, 4.69) is 21.2 Å². The van der Waals surface area contributed by atoms with E-state index in [9.17, 15) is 14.4 Å². The van der Waals surface area contributed by atoms with Gasteiger partial charge in [-0.1, -0.05) is 0 Å². The molecule has 0 bridgehead atoms. The molecule has 1 atom stereocenters. The molecule has 0 aliphatic carbocycles. The molecule has 1 unspecified atom stereocenters. The normalized spacial score (nSPS) is 18.4. The molecular formula is C13H15BrN2O4S. The van der Waals surface area contributed by atoms with Crippen LogP contribution in [0.1, 0.15) is 17.7 Å². The predicted molar refractivity (Wildman–Crippen MR) is 81.1 cm³/mol. The van der Waals surface area contributed by atoms with Crippen LogP contribution in [0.15, 0.2) is 15.9 Å². The number of nitrogens with zero attached hydrogens (tertiary/aromatic N) is 1. The molecule has 1 fully saturated rings. The van der Waals surface area contributed by atoms with Crippen molar-refractivity contribution < 1.29 is 19.5 Å². The number of halogens is 1. The fraction of sp³-hybridized carbons (Fsp3) is 0.462. The summed E-state index contributed by atoms with van der Waals surface area (Å²) in [7, 11) is 0. The van der Waals surface area contributed by atoms with Crippen molar-refractivity contribution in [3.63, 3.8) is 0 Å². The van der Waals surface area contributed by atoms with Crippen LogP contribution in [0.2, 0.25) is 0 Å². The van der Waals surface area contributed by atoms with Crippen molar-refractivity contribution in [1.29, 1.82) is 0 Å². The first-order chi connectivity index (χ1) is 9.97. The van der Waals surface area contributed by atoms with Gasteiger partial charge in [0.2, 0.25) is 11.8 Å². The van der Waals surface area contributed by atoms with E-state index >= 15 is 0 Å². The number of amides is 2. The van der Waals surface area contributed by atoms with E-state index in [-0.39, 0.29) is 31.3 Å². The van der Waals surface area contributed by atoms with Crippen LogP contribution in [0, 0.1) is 0 Å². The number of hydrogen-bond donors (Lipinski definition) is 2. The highest BCUT2D eigenvalue weighted by atomic mass is 79.9. The van der Waals surface area contributed by atoms with E-state index in [1.54, 1.807) is 11.3 Å². The minimum Gasteiger partial charge on any atom is -0.480 e. The summed E-state index contributed by atoms with van der Waals surface area (Å²) in [5.41, 5.74) is 0. The van der Waals surface area contributed by atoms with Crippen LogP contribution in [-0.4, -0.2) is 46.9 Å². The van der Waals surface area contributed by atoms with Crippen LogP contribution in [0.4, 0.5) is 0 Å². The van der Waals surface area contributed by atoms with Crippen LogP contribution in [0.3, 0.4) is 0 Å². The summed E-state index contributed by atoms with van der Waals surface area (Å²) in [6.45, 7) is -0.210. The maximum Gasteiger partial charge on any atom is 0.328 e. The molecule has 2 heterocycles. The summed E-state index contributed by atoms with van der Waals surface area (Å²) in [6, 6.07) is 2.98. The van der Waals surface area contributed by atoms with E-state index in [0.717, 1.165) is 15.1 Å². The lowest BCUT2D eigenvalue weighted by Crippen LogP contribution is -2.59. The average molecular weight is 375 g/mol. The van der Waals surface area contributed by atoms with E-state index in [1.165, 1.54) is 4.88 Å². The molecule has 21 heavy (non-hydrogen) atoms. The first kappa shape index (κ1) is 16.0. The lowest BCUT2D eigenvalue weighted by Gasteiger charge is -2.32. The summed E-state index contributed by atoms with van der Waals surface area (Å²) in [4.78, 5) is 36.9. The summed E-state index contributed by atoms with van der Waals surface area (Å²) in [5.74, 6) is -1.69. The Labute approximate surface area is 134 Å². The Bertz CT molecular complexity index is 560. The highest BCUT2D eigenvalue weighted by Crippen LogP contribution is 2.23. The maximum atomic E-state index is 12.1. The van der Waals surface area contributed by atoms with Gasteiger partial charge in [0, 0.05) is 17.8 Å². The van der Waals surface area contributed by atoms with Gasteiger partial charge in [-0.25, -0.2) is 4.79 Å². The second-order valence-corrected chi connectivity index (χ2v) is 7.29. The van der Waals surface area contributed by atoms with Gasteiger partial charge in [-0.05, 0) is 40.9 Å². The molecule has 0 aromatic carbocycles. The quantitative estimate of drug-likeness (QED) is 0.811. The third-order valence-electron chi connectivity index (χ3n) is 3.23. The average Bonchev–Trinajstić information content (AvgIpc) is 2.84. The van der Waals surface area contributed by atoms with Crippen molar-refractivity contribution >= 4 is 45.1 Å². The van der Waals surface area contributed by atoms with Gasteiger partial charge < -0.3 is 15.3 Å². The van der Waals surface area contributed by atoms with Crippen LogP contribution >= 0.6 is 27.3 Å². The Morgan fingerprint density at radius 2 is 2.24 bits per heavy atom. The summed E-state index contributed by atoms with van der Waals surface area (Å²) >= 11 is 4.99. The molecule has 0 radical (unpaired) electrons. The molecule has 0 spiro atoms. The first-order valence-electron chi connectivity index (χ1n) is 6.50. The fourth-order valence-corrected chi connectivity index (χ4v) is 3.69. The number of aliphatic carboxylic acids is 1. The zero-order chi connectivity index (χ0) is 15.4. The van der Waals surface area contributed by atoms with Crippen molar-refractivity contribution in [2.45, 2.75) is 25.3 Å². The van der Waals surface area contributed by atoms with Gasteiger partial charge >= 0.3 is 5.97 Å². The number of rotatable bonds is 5. The third-order valence-corrected chi connectivity index (χ3v) is 4.91. The van der Waals surface area contributed by atoms with Crippen LogP contribution in [0.5, 0.6) is 0 Å². The maximum absolute atomic E-state index is 12.1. The van der Waals surface area contributed by atoms with Crippen molar-refractivity contribution in [3.05, 3.63) is 20.8 Å². The monoisotopic (exact) mass is 374 g/mol. The summed E-state index contributed by atoms with van der Waals surface area (Å²) in [6.07, 6.45) is 1.64. The number of hydrogen-bond acceptors (Lipinski definition) is 4. The second kappa shape index (κ2) is 7.04. The van der Waals surface area contributed by atoms with Gasteiger partial charge in [0.15, 0.2) is 0 Å². The summed E-state index contributed by atoms with van der Waals surface area (Å²) in [5, 5.41) is 11.6. The molecule has 2 rings (SSSR count). The van der Waals surface area contributed by atoms with E-state index in [4.69, 9.17) is 5.11 Å². The highest BCUT2D eigenvalue weighted by Gasteiger charge is 2.34. The van der Waals surface area contributed by atoms with Crippen LogP contribution < -0.4 is 5.32 Å². The number of thiophene rings is 1. The lowest BCUT2D eigenvalue weighted by atomic mass is 10.1. The fourth-order valence-electron chi connectivity index (χ4n) is 2.17. The van der Waals surface area contributed by atoms with Gasteiger partial charge in [-0.2, -0.15) is 0 Å².